The van der Waals surface area contributed by atoms with E-state index < -0.39 is 0 Å². The van der Waals surface area contributed by atoms with Crippen molar-refractivity contribution < 1.29 is 9.84 Å². The van der Waals surface area contributed by atoms with Crippen LogP contribution in [0.1, 0.15) is 6.42 Å². The maximum absolute atomic E-state index is 8.67. The van der Waals surface area contributed by atoms with Crippen molar-refractivity contribution in [3.05, 3.63) is 0 Å². The number of ether oxygens (including phenoxy) is 1. The van der Waals surface area contributed by atoms with Crippen LogP contribution in [-0.2, 0) is 4.74 Å². The summed E-state index contributed by atoms with van der Waals surface area (Å²) < 4.78 is 5.18. The van der Waals surface area contributed by atoms with Gasteiger partial charge in [-0.25, -0.2) is 0 Å². The minimum Gasteiger partial charge on any atom is -0.395 e. The third kappa shape index (κ3) is 3.37. The summed E-state index contributed by atoms with van der Waals surface area (Å²) in [7, 11) is 0. The van der Waals surface area contributed by atoms with Gasteiger partial charge in [0.1, 0.15) is 0 Å². The van der Waals surface area contributed by atoms with E-state index in [2.05, 4.69) is 5.32 Å². The Morgan fingerprint density at radius 2 is 2.40 bits per heavy atom. The molecule has 0 aliphatic carbocycles. The van der Waals surface area contributed by atoms with Gasteiger partial charge in [-0.1, -0.05) is 0 Å². The topological polar surface area (TPSA) is 41.5 Å². The standard InChI is InChI=1S/C6H13NO2.ClH/c8-4-6-5-9-3-1-2-7-6;/h6-8H,1-5H2;1H/t6-;/m1./s1. The van der Waals surface area contributed by atoms with Gasteiger partial charge >= 0.3 is 0 Å². The predicted molar refractivity (Wildman–Crippen MR) is 41.6 cm³/mol. The molecule has 62 valence electrons. The molecule has 0 amide bonds. The molecule has 1 saturated heterocycles. The van der Waals surface area contributed by atoms with Gasteiger partial charge in [-0.15, -0.1) is 12.4 Å². The fourth-order valence-electron chi connectivity index (χ4n) is 0.882. The molecule has 1 rings (SSSR count). The first-order valence-electron chi connectivity index (χ1n) is 3.35. The Balaban J connectivity index is 0.000000810. The SMILES string of the molecule is Cl.OC[C@@H]1COCCCN1. The molecule has 0 saturated carbocycles. The highest BCUT2D eigenvalue weighted by Crippen LogP contribution is 1.92. The number of aliphatic hydroxyl groups excluding tert-OH is 1. The molecule has 1 fully saturated rings. The number of hydrogen-bond acceptors (Lipinski definition) is 3. The van der Waals surface area contributed by atoms with Crippen molar-refractivity contribution in [3.8, 4) is 0 Å². The lowest BCUT2D eigenvalue weighted by molar-refractivity contribution is 0.109. The molecule has 2 N–H and O–H groups in total. The molecule has 1 heterocycles. The molecule has 1 aliphatic rings. The molecule has 0 bridgehead atoms. The summed E-state index contributed by atoms with van der Waals surface area (Å²) >= 11 is 0. The molecule has 0 spiro atoms. The maximum atomic E-state index is 8.67. The van der Waals surface area contributed by atoms with Gasteiger partial charge in [0.05, 0.1) is 19.3 Å². The minimum atomic E-state index is 0. The molecular formula is C6H14ClNO2. The van der Waals surface area contributed by atoms with E-state index in [9.17, 15) is 0 Å². The van der Waals surface area contributed by atoms with Crippen molar-refractivity contribution in [2.45, 2.75) is 12.5 Å². The first kappa shape index (κ1) is 10.2. The van der Waals surface area contributed by atoms with E-state index >= 15 is 0 Å². The molecule has 0 aromatic carbocycles. The summed E-state index contributed by atoms with van der Waals surface area (Å²) in [6.07, 6.45) is 1.05. The lowest BCUT2D eigenvalue weighted by Crippen LogP contribution is -2.34. The van der Waals surface area contributed by atoms with Crippen molar-refractivity contribution in [3.63, 3.8) is 0 Å². The van der Waals surface area contributed by atoms with Gasteiger partial charge in [-0.2, -0.15) is 0 Å². The fourth-order valence-corrected chi connectivity index (χ4v) is 0.882. The Bertz CT molecular complexity index is 74.1. The summed E-state index contributed by atoms with van der Waals surface area (Å²) in [5.74, 6) is 0. The Kier molecular flexibility index (Phi) is 6.02. The molecule has 0 radical (unpaired) electrons. The minimum absolute atomic E-state index is 0. The third-order valence-electron chi connectivity index (χ3n) is 1.44. The highest BCUT2D eigenvalue weighted by Gasteiger charge is 2.08. The normalized spacial score (nSPS) is 26.7. The number of nitrogens with one attached hydrogen (secondary N) is 1. The molecule has 3 nitrogen and oxygen atoms in total. The fraction of sp³-hybridized carbons (Fsp3) is 1.00. The van der Waals surface area contributed by atoms with Crippen molar-refractivity contribution in [2.75, 3.05) is 26.4 Å². The molecule has 1 atom stereocenters. The van der Waals surface area contributed by atoms with Crippen molar-refractivity contribution >= 4 is 12.4 Å². The van der Waals surface area contributed by atoms with Gasteiger partial charge < -0.3 is 15.2 Å². The summed E-state index contributed by atoms with van der Waals surface area (Å²) in [5.41, 5.74) is 0. The van der Waals surface area contributed by atoms with Crippen LogP contribution in [0.3, 0.4) is 0 Å². The smallest absolute Gasteiger partial charge is 0.0642 e. The highest BCUT2D eigenvalue weighted by molar-refractivity contribution is 5.85. The molecule has 10 heavy (non-hydrogen) atoms. The van der Waals surface area contributed by atoms with Gasteiger partial charge in [0.25, 0.3) is 0 Å². The van der Waals surface area contributed by atoms with Crippen LogP contribution in [0.2, 0.25) is 0 Å². The second-order valence-corrected chi connectivity index (χ2v) is 2.26. The van der Waals surface area contributed by atoms with E-state index in [1.54, 1.807) is 0 Å². The summed E-state index contributed by atoms with van der Waals surface area (Å²) in [5, 5.41) is 11.8. The molecule has 0 aromatic rings. The lowest BCUT2D eigenvalue weighted by Gasteiger charge is -2.09. The Morgan fingerprint density at radius 1 is 1.60 bits per heavy atom. The van der Waals surface area contributed by atoms with E-state index in [1.165, 1.54) is 0 Å². The van der Waals surface area contributed by atoms with E-state index in [4.69, 9.17) is 9.84 Å². The van der Waals surface area contributed by atoms with Crippen LogP contribution in [0.4, 0.5) is 0 Å². The number of aliphatic hydroxyl groups is 1. The Labute approximate surface area is 67.2 Å². The lowest BCUT2D eigenvalue weighted by atomic mass is 10.3. The van der Waals surface area contributed by atoms with E-state index in [1.807, 2.05) is 0 Å². The van der Waals surface area contributed by atoms with Gasteiger partial charge in [-0.05, 0) is 13.0 Å². The number of hydrogen-bond donors (Lipinski definition) is 2. The molecule has 1 aliphatic heterocycles. The Hall–Kier alpha value is 0.170. The third-order valence-corrected chi connectivity index (χ3v) is 1.44. The average Bonchev–Trinajstić information content (AvgIpc) is 2.13. The largest absolute Gasteiger partial charge is 0.395 e. The quantitative estimate of drug-likeness (QED) is 0.568. The zero-order valence-corrected chi connectivity index (χ0v) is 6.69. The van der Waals surface area contributed by atoms with Crippen LogP contribution in [0.25, 0.3) is 0 Å². The van der Waals surface area contributed by atoms with Gasteiger partial charge in [-0.3, -0.25) is 0 Å². The second kappa shape index (κ2) is 5.92. The van der Waals surface area contributed by atoms with Gasteiger partial charge in [0.15, 0.2) is 0 Å². The zero-order valence-electron chi connectivity index (χ0n) is 5.88. The van der Waals surface area contributed by atoms with Crippen molar-refractivity contribution in [2.24, 2.45) is 0 Å². The van der Waals surface area contributed by atoms with Crippen LogP contribution >= 0.6 is 12.4 Å². The van der Waals surface area contributed by atoms with Gasteiger partial charge in [0, 0.05) is 6.61 Å². The van der Waals surface area contributed by atoms with E-state index in [0.29, 0.717) is 6.61 Å². The average molecular weight is 168 g/mol. The Morgan fingerprint density at radius 3 is 3.10 bits per heavy atom. The monoisotopic (exact) mass is 167 g/mol. The van der Waals surface area contributed by atoms with E-state index in [-0.39, 0.29) is 25.1 Å². The van der Waals surface area contributed by atoms with Crippen LogP contribution in [0.15, 0.2) is 0 Å². The number of rotatable bonds is 1. The zero-order chi connectivity index (χ0) is 6.53. The predicted octanol–water partition coefficient (Wildman–Crippen LogP) is -0.221. The summed E-state index contributed by atoms with van der Waals surface area (Å²) in [4.78, 5) is 0. The first-order chi connectivity index (χ1) is 4.43. The molecular weight excluding hydrogens is 154 g/mol. The molecule has 0 unspecified atom stereocenters. The molecule has 0 aromatic heterocycles. The van der Waals surface area contributed by atoms with Crippen LogP contribution in [-0.4, -0.2) is 37.5 Å². The maximum Gasteiger partial charge on any atom is 0.0642 e. The summed E-state index contributed by atoms with van der Waals surface area (Å²) in [6, 6.07) is 0.160. The second-order valence-electron chi connectivity index (χ2n) is 2.26. The highest BCUT2D eigenvalue weighted by atomic mass is 35.5. The van der Waals surface area contributed by atoms with Gasteiger partial charge in [0.2, 0.25) is 0 Å². The van der Waals surface area contributed by atoms with Crippen molar-refractivity contribution in [1.29, 1.82) is 0 Å². The van der Waals surface area contributed by atoms with Crippen LogP contribution in [0, 0.1) is 0 Å². The first-order valence-corrected chi connectivity index (χ1v) is 3.35. The van der Waals surface area contributed by atoms with Crippen molar-refractivity contribution in [1.82, 2.24) is 5.32 Å². The van der Waals surface area contributed by atoms with Crippen LogP contribution < -0.4 is 5.32 Å². The van der Waals surface area contributed by atoms with Crippen LogP contribution in [0.5, 0.6) is 0 Å². The van der Waals surface area contributed by atoms with E-state index in [0.717, 1.165) is 19.6 Å². The summed E-state index contributed by atoms with van der Waals surface area (Å²) in [6.45, 7) is 2.62. The molecule has 4 heteroatoms. The number of halogens is 1.